The summed E-state index contributed by atoms with van der Waals surface area (Å²) in [7, 11) is -3.39. The molecule has 0 radical (unpaired) electrons. The van der Waals surface area contributed by atoms with Crippen LogP contribution >= 0.6 is 11.6 Å². The first-order chi connectivity index (χ1) is 25.0. The van der Waals surface area contributed by atoms with Crippen LogP contribution in [0.5, 0.6) is 0 Å². The van der Waals surface area contributed by atoms with Crippen LogP contribution in [0.3, 0.4) is 0 Å². The highest BCUT2D eigenvalue weighted by molar-refractivity contribution is 6.72. The molecule has 12 heteroatoms. The number of nitrogens with zero attached hydrogens (tertiary/aromatic N) is 5. The van der Waals surface area contributed by atoms with Gasteiger partial charge in [0, 0.05) is 53.4 Å². The minimum absolute atomic E-state index is 0.112. The summed E-state index contributed by atoms with van der Waals surface area (Å²) in [6.45, 7) is 6.56. The highest BCUT2D eigenvalue weighted by atomic mass is 35.5. The number of fused-ring (bicyclic) bond motifs is 2. The average Bonchev–Trinajstić information content (AvgIpc) is 3.77. The van der Waals surface area contributed by atoms with Crippen molar-refractivity contribution in [3.05, 3.63) is 106 Å². The van der Waals surface area contributed by atoms with Crippen LogP contribution in [0, 0.1) is 5.92 Å². The second-order valence-corrected chi connectivity index (χ2v) is 19.3. The molecule has 1 aromatic heterocycles. The molecule has 3 aliphatic rings. The molecule has 2 fully saturated rings. The van der Waals surface area contributed by atoms with E-state index in [0.717, 1.165) is 42.5 Å². The van der Waals surface area contributed by atoms with Crippen LogP contribution in [0.4, 0.5) is 15.5 Å². The van der Waals surface area contributed by atoms with E-state index in [1.807, 2.05) is 78.7 Å². The highest BCUT2D eigenvalue weighted by Gasteiger charge is 2.66. The number of ether oxygens (including phenoxy) is 1. The summed E-state index contributed by atoms with van der Waals surface area (Å²) in [4.78, 5) is 31.6. The molecule has 1 N–H and O–H groups in total. The number of rotatable bonds is 10. The molecule has 0 bridgehead atoms. The maximum Gasteiger partial charge on any atom is 0.264 e. The van der Waals surface area contributed by atoms with Gasteiger partial charge in [0.25, 0.3) is 5.91 Å². The number of aliphatic hydroxyl groups is 1. The normalized spacial score (nSPS) is 24.3. The van der Waals surface area contributed by atoms with Crippen molar-refractivity contribution < 1.29 is 23.5 Å². The number of carbonyl (C=O) groups excluding carboxylic acids is 2. The summed E-state index contributed by atoms with van der Waals surface area (Å²) < 4.78 is 25.1. The second-order valence-electron chi connectivity index (χ2n) is 15.0. The molecule has 5 atom stereocenters. The summed E-state index contributed by atoms with van der Waals surface area (Å²) in [5.41, 5.74) is 2.77. The number of anilines is 2. The number of amides is 2. The summed E-state index contributed by atoms with van der Waals surface area (Å²) in [5.74, 6) is -0.883. The molecule has 3 aliphatic heterocycles. The monoisotopic (exact) mass is 743 g/mol. The van der Waals surface area contributed by atoms with Crippen LogP contribution < -0.4 is 9.80 Å². The molecule has 2 amide bonds. The molecule has 7 rings (SSSR count). The average molecular weight is 744 g/mol. The van der Waals surface area contributed by atoms with Crippen molar-refractivity contribution in [2.24, 2.45) is 5.92 Å². The SMILES string of the molecule is C[C@@H]1[C@@H]([Si](C)(C)F)[C@H](CCn2cc(C(CO)c3ccccc3)nn2)O[C@@]12C(=O)N(Cc1cccc(N3CCCCCCC3=O)c1)c1ccc(Cl)cc12. The zero-order valence-corrected chi connectivity index (χ0v) is 31.8. The molecule has 0 saturated carbocycles. The van der Waals surface area contributed by atoms with Crippen LogP contribution in [-0.2, 0) is 33.0 Å². The fourth-order valence-electron chi connectivity index (χ4n) is 8.78. The van der Waals surface area contributed by atoms with E-state index in [4.69, 9.17) is 16.3 Å². The Kier molecular flexibility index (Phi) is 10.4. The van der Waals surface area contributed by atoms with Gasteiger partial charge in [-0.3, -0.25) is 14.3 Å². The van der Waals surface area contributed by atoms with Crippen molar-refractivity contribution in [2.45, 2.75) is 94.8 Å². The molecular formula is C40H47ClFN5O4Si. The van der Waals surface area contributed by atoms with Gasteiger partial charge < -0.3 is 23.8 Å². The minimum Gasteiger partial charge on any atom is -0.395 e. The number of aryl methyl sites for hydroxylation is 1. The summed E-state index contributed by atoms with van der Waals surface area (Å²) >= 11 is 6.60. The van der Waals surface area contributed by atoms with Gasteiger partial charge in [0.2, 0.25) is 14.3 Å². The highest BCUT2D eigenvalue weighted by Crippen LogP contribution is 2.60. The van der Waals surface area contributed by atoms with E-state index in [1.165, 1.54) is 0 Å². The Labute approximate surface area is 310 Å². The molecule has 1 spiro atoms. The predicted octanol–water partition coefficient (Wildman–Crippen LogP) is 7.76. The first-order valence-corrected chi connectivity index (χ1v) is 21.8. The Balaban J connectivity index is 1.16. The van der Waals surface area contributed by atoms with Crippen LogP contribution in [0.15, 0.2) is 79.0 Å². The first-order valence-electron chi connectivity index (χ1n) is 18.4. The molecule has 9 nitrogen and oxygen atoms in total. The lowest BCUT2D eigenvalue weighted by Crippen LogP contribution is -2.45. The van der Waals surface area contributed by atoms with Gasteiger partial charge >= 0.3 is 0 Å². The quantitative estimate of drug-likeness (QED) is 0.132. The molecule has 3 aromatic carbocycles. The number of benzene rings is 3. The molecular weight excluding hydrogens is 697 g/mol. The van der Waals surface area contributed by atoms with Gasteiger partial charge in [-0.15, -0.1) is 5.10 Å². The lowest BCUT2D eigenvalue weighted by Gasteiger charge is -2.31. The third-order valence-corrected chi connectivity index (χ3v) is 13.9. The van der Waals surface area contributed by atoms with Gasteiger partial charge in [0.15, 0.2) is 5.60 Å². The number of hydrogen-bond donors (Lipinski definition) is 1. The lowest BCUT2D eigenvalue weighted by molar-refractivity contribution is -0.146. The summed E-state index contributed by atoms with van der Waals surface area (Å²) in [6, 6.07) is 23.0. The molecule has 4 aromatic rings. The van der Waals surface area contributed by atoms with Gasteiger partial charge in [-0.2, -0.15) is 0 Å². The van der Waals surface area contributed by atoms with Crippen LogP contribution in [0.2, 0.25) is 23.7 Å². The maximum absolute atomic E-state index is 16.4. The first kappa shape index (κ1) is 36.5. The molecule has 2 saturated heterocycles. The Morgan fingerprint density at radius 1 is 1.04 bits per heavy atom. The van der Waals surface area contributed by atoms with Crippen molar-refractivity contribution >= 4 is 43.2 Å². The van der Waals surface area contributed by atoms with Crippen molar-refractivity contribution in [3.63, 3.8) is 0 Å². The zero-order valence-electron chi connectivity index (χ0n) is 30.0. The summed E-state index contributed by atoms with van der Waals surface area (Å²) in [5, 5.41) is 19.3. The Morgan fingerprint density at radius 2 is 1.83 bits per heavy atom. The molecule has 4 heterocycles. The Bertz CT molecular complexity index is 1920. The molecule has 274 valence electrons. The molecule has 52 heavy (non-hydrogen) atoms. The van der Waals surface area contributed by atoms with E-state index < -0.39 is 31.6 Å². The lowest BCUT2D eigenvalue weighted by atomic mass is 9.82. The van der Waals surface area contributed by atoms with E-state index in [1.54, 1.807) is 34.8 Å². The van der Waals surface area contributed by atoms with Gasteiger partial charge in [-0.1, -0.05) is 79.0 Å². The van der Waals surface area contributed by atoms with E-state index in [-0.39, 0.29) is 30.9 Å². The van der Waals surface area contributed by atoms with Crippen LogP contribution in [0.1, 0.15) is 73.8 Å². The largest absolute Gasteiger partial charge is 0.395 e. The smallest absolute Gasteiger partial charge is 0.264 e. The van der Waals surface area contributed by atoms with Crippen molar-refractivity contribution in [2.75, 3.05) is 23.0 Å². The Morgan fingerprint density at radius 3 is 2.60 bits per heavy atom. The predicted molar refractivity (Wildman–Crippen MR) is 203 cm³/mol. The van der Waals surface area contributed by atoms with Crippen LogP contribution in [-0.4, -0.2) is 59.6 Å². The maximum atomic E-state index is 16.4. The fourth-order valence-corrected chi connectivity index (χ4v) is 11.5. The summed E-state index contributed by atoms with van der Waals surface area (Å²) in [6.07, 6.45) is 6.25. The van der Waals surface area contributed by atoms with Gasteiger partial charge in [0.1, 0.15) is 0 Å². The molecule has 0 aliphatic carbocycles. The van der Waals surface area contributed by atoms with Crippen molar-refractivity contribution in [1.29, 1.82) is 0 Å². The van der Waals surface area contributed by atoms with Gasteiger partial charge in [-0.05, 0) is 73.8 Å². The zero-order chi connectivity index (χ0) is 36.6. The van der Waals surface area contributed by atoms with Gasteiger partial charge in [-0.25, -0.2) is 0 Å². The number of hydrogen-bond acceptors (Lipinski definition) is 6. The van der Waals surface area contributed by atoms with E-state index in [0.29, 0.717) is 47.9 Å². The van der Waals surface area contributed by atoms with Gasteiger partial charge in [0.05, 0.1) is 36.6 Å². The van der Waals surface area contributed by atoms with Crippen molar-refractivity contribution in [3.8, 4) is 0 Å². The van der Waals surface area contributed by atoms with E-state index in [2.05, 4.69) is 10.3 Å². The third-order valence-electron chi connectivity index (χ3n) is 11.2. The standard InChI is InChI=1S/C40H47ClFN5O4Si/c1-27-38(52(2,3)42)36(19-21-45-25-34(43-44-45)32(26-48)29-13-7-6-8-14-29)51-40(27)33-23-30(41)17-18-35(33)47(39(40)50)24-28-12-11-15-31(22-28)46-20-10-5-4-9-16-37(46)49/h6-8,11-15,17-18,22-23,25,27,32,36,38,48H,4-5,9-10,16,19-21,24,26H2,1-3H3/t27-,32?,36+,38-,40+/m1/s1. The number of halogens is 2. The van der Waals surface area contributed by atoms with E-state index >= 15 is 4.11 Å². The topological polar surface area (TPSA) is 101 Å². The Hall–Kier alpha value is -3.90. The minimum atomic E-state index is -3.39. The number of aliphatic hydroxyl groups excluding tert-OH is 1. The number of aromatic nitrogens is 3. The number of carbonyl (C=O) groups is 2. The third kappa shape index (κ3) is 6.84. The van der Waals surface area contributed by atoms with Crippen molar-refractivity contribution in [1.82, 2.24) is 15.0 Å². The molecule has 1 unspecified atom stereocenters. The second kappa shape index (κ2) is 14.8. The fraction of sp³-hybridized carbons (Fsp3) is 0.450. The van der Waals surface area contributed by atoms with Crippen LogP contribution in [0.25, 0.3) is 0 Å². The van der Waals surface area contributed by atoms with E-state index in [9.17, 15) is 14.7 Å².